The van der Waals surface area contributed by atoms with E-state index in [4.69, 9.17) is 0 Å². The standard InChI is InChI=1S/C21H27FN2O4S2/c1-16-5-12-20(13-6-16)30(27,28)24-19(4-3-15-29(25,26)23-2)11-14-21(24)17-7-9-18(22)10-8-17/h5-10,12-13,19,21,23H,3-4,11,14-15H2,1-2H3. The van der Waals surface area contributed by atoms with E-state index in [9.17, 15) is 21.2 Å². The topological polar surface area (TPSA) is 83.6 Å². The first kappa shape index (κ1) is 22.9. The number of rotatable bonds is 8. The molecule has 1 heterocycles. The molecule has 1 aliphatic heterocycles. The molecule has 9 heteroatoms. The first-order chi connectivity index (χ1) is 14.1. The molecule has 164 valence electrons. The molecule has 0 bridgehead atoms. The lowest BCUT2D eigenvalue weighted by molar-refractivity contribution is 0.312. The fourth-order valence-corrected chi connectivity index (χ4v) is 6.58. The Hall–Kier alpha value is -1.81. The molecule has 2 aromatic rings. The fourth-order valence-electron chi connectivity index (χ4n) is 3.94. The summed E-state index contributed by atoms with van der Waals surface area (Å²) in [5.41, 5.74) is 1.69. The summed E-state index contributed by atoms with van der Waals surface area (Å²) >= 11 is 0. The third-order valence-electron chi connectivity index (χ3n) is 5.55. The second kappa shape index (κ2) is 9.13. The Morgan fingerprint density at radius 3 is 2.23 bits per heavy atom. The van der Waals surface area contributed by atoms with Gasteiger partial charge in [-0.1, -0.05) is 29.8 Å². The Morgan fingerprint density at radius 1 is 1.00 bits per heavy atom. The number of hydrogen-bond donors (Lipinski definition) is 1. The van der Waals surface area contributed by atoms with Crippen molar-refractivity contribution in [2.75, 3.05) is 12.8 Å². The predicted molar refractivity (Wildman–Crippen MR) is 114 cm³/mol. The lowest BCUT2D eigenvalue weighted by atomic mass is 10.1. The Labute approximate surface area is 178 Å². The minimum Gasteiger partial charge on any atom is -0.218 e. The molecule has 2 atom stereocenters. The van der Waals surface area contributed by atoms with Gasteiger partial charge in [-0.05, 0) is 69.5 Å². The van der Waals surface area contributed by atoms with Gasteiger partial charge in [0.05, 0.1) is 16.7 Å². The summed E-state index contributed by atoms with van der Waals surface area (Å²) in [6, 6.07) is 11.9. The molecule has 2 unspecified atom stereocenters. The highest BCUT2D eigenvalue weighted by Gasteiger charge is 2.42. The number of hydrogen-bond acceptors (Lipinski definition) is 4. The molecule has 30 heavy (non-hydrogen) atoms. The second-order valence-electron chi connectivity index (χ2n) is 7.61. The normalized spacial score (nSPS) is 20.5. The monoisotopic (exact) mass is 454 g/mol. The van der Waals surface area contributed by atoms with Crippen molar-refractivity contribution >= 4 is 20.0 Å². The minimum atomic E-state index is -3.81. The molecule has 0 spiro atoms. The van der Waals surface area contributed by atoms with Crippen LogP contribution < -0.4 is 4.72 Å². The molecular formula is C21H27FN2O4S2. The first-order valence-corrected chi connectivity index (χ1v) is 13.0. The van der Waals surface area contributed by atoms with Gasteiger partial charge in [-0.25, -0.2) is 25.9 Å². The van der Waals surface area contributed by atoms with E-state index < -0.39 is 26.1 Å². The lowest BCUT2D eigenvalue weighted by Gasteiger charge is -2.30. The summed E-state index contributed by atoms with van der Waals surface area (Å²) in [6.45, 7) is 1.89. The zero-order valence-corrected chi connectivity index (χ0v) is 18.7. The van der Waals surface area contributed by atoms with Crippen LogP contribution in [0.5, 0.6) is 0 Å². The van der Waals surface area contributed by atoms with Gasteiger partial charge < -0.3 is 0 Å². The van der Waals surface area contributed by atoms with E-state index in [1.54, 1.807) is 36.4 Å². The van der Waals surface area contributed by atoms with Crippen LogP contribution in [0.2, 0.25) is 0 Å². The van der Waals surface area contributed by atoms with Crippen molar-refractivity contribution in [1.82, 2.24) is 9.03 Å². The van der Waals surface area contributed by atoms with Crippen molar-refractivity contribution < 1.29 is 21.2 Å². The molecule has 0 aliphatic carbocycles. The maximum Gasteiger partial charge on any atom is 0.243 e. The highest BCUT2D eigenvalue weighted by molar-refractivity contribution is 7.89. The summed E-state index contributed by atoms with van der Waals surface area (Å²) in [6.07, 6.45) is 2.00. The number of sulfonamides is 2. The average Bonchev–Trinajstić information content (AvgIpc) is 3.13. The van der Waals surface area contributed by atoms with Crippen LogP contribution >= 0.6 is 0 Å². The molecule has 0 radical (unpaired) electrons. The molecule has 1 aliphatic rings. The van der Waals surface area contributed by atoms with Gasteiger partial charge in [-0.3, -0.25) is 0 Å². The predicted octanol–water partition coefficient (Wildman–Crippen LogP) is 3.36. The van der Waals surface area contributed by atoms with Gasteiger partial charge in [-0.2, -0.15) is 4.31 Å². The molecule has 6 nitrogen and oxygen atoms in total. The van der Waals surface area contributed by atoms with Crippen molar-refractivity contribution in [3.63, 3.8) is 0 Å². The van der Waals surface area contributed by atoms with E-state index in [0.29, 0.717) is 25.7 Å². The van der Waals surface area contributed by atoms with E-state index in [1.807, 2.05) is 6.92 Å². The molecule has 3 rings (SSSR count). The van der Waals surface area contributed by atoms with Crippen LogP contribution in [0.3, 0.4) is 0 Å². The molecule has 1 saturated heterocycles. The molecule has 1 fully saturated rings. The van der Waals surface area contributed by atoms with Crippen molar-refractivity contribution in [2.45, 2.75) is 49.6 Å². The van der Waals surface area contributed by atoms with E-state index >= 15 is 0 Å². The second-order valence-corrected chi connectivity index (χ2v) is 11.5. The summed E-state index contributed by atoms with van der Waals surface area (Å²) < 4.78 is 67.8. The third kappa shape index (κ3) is 5.08. The van der Waals surface area contributed by atoms with Gasteiger partial charge >= 0.3 is 0 Å². The molecule has 0 aromatic heterocycles. The maximum absolute atomic E-state index is 13.5. The van der Waals surface area contributed by atoms with Crippen LogP contribution in [0.25, 0.3) is 0 Å². The Morgan fingerprint density at radius 2 is 1.63 bits per heavy atom. The maximum atomic E-state index is 13.5. The van der Waals surface area contributed by atoms with Gasteiger partial charge in [0.25, 0.3) is 0 Å². The smallest absolute Gasteiger partial charge is 0.218 e. The van der Waals surface area contributed by atoms with Crippen LogP contribution in [-0.4, -0.2) is 40.0 Å². The number of nitrogens with one attached hydrogen (secondary N) is 1. The molecule has 0 saturated carbocycles. The lowest BCUT2D eigenvalue weighted by Crippen LogP contribution is -2.37. The van der Waals surface area contributed by atoms with Crippen molar-refractivity contribution in [1.29, 1.82) is 0 Å². The molecule has 0 amide bonds. The minimum absolute atomic E-state index is 0.0559. The zero-order valence-electron chi connectivity index (χ0n) is 17.1. The van der Waals surface area contributed by atoms with Crippen LogP contribution in [-0.2, 0) is 20.0 Å². The quantitative estimate of drug-likeness (QED) is 0.663. The van der Waals surface area contributed by atoms with Gasteiger partial charge in [0.15, 0.2) is 0 Å². The summed E-state index contributed by atoms with van der Waals surface area (Å²) in [5.74, 6) is -0.432. The van der Waals surface area contributed by atoms with Gasteiger partial charge in [0.1, 0.15) is 5.82 Å². The van der Waals surface area contributed by atoms with Crippen molar-refractivity contribution in [3.05, 3.63) is 65.5 Å². The van der Waals surface area contributed by atoms with E-state index in [2.05, 4.69) is 4.72 Å². The molecule has 2 aromatic carbocycles. The first-order valence-electron chi connectivity index (χ1n) is 9.91. The molecule has 1 N–H and O–H groups in total. The largest absolute Gasteiger partial charge is 0.243 e. The third-order valence-corrected chi connectivity index (χ3v) is 8.98. The fraction of sp³-hybridized carbons (Fsp3) is 0.429. The van der Waals surface area contributed by atoms with Gasteiger partial charge in [0, 0.05) is 6.04 Å². The number of benzene rings is 2. The summed E-state index contributed by atoms with van der Waals surface area (Å²) in [5, 5.41) is 0. The van der Waals surface area contributed by atoms with E-state index in [-0.39, 0.29) is 22.5 Å². The Bertz CT molecular complexity index is 1070. The Balaban J connectivity index is 1.92. The Kier molecular flexibility index (Phi) is 6.96. The SMILES string of the molecule is CNS(=O)(=O)CCCC1CCC(c2ccc(F)cc2)N1S(=O)(=O)c1ccc(C)cc1. The highest BCUT2D eigenvalue weighted by atomic mass is 32.2. The van der Waals surface area contributed by atoms with Gasteiger partial charge in [-0.15, -0.1) is 0 Å². The number of halogens is 1. The van der Waals surface area contributed by atoms with Crippen LogP contribution in [0.4, 0.5) is 4.39 Å². The van der Waals surface area contributed by atoms with Crippen LogP contribution in [0.15, 0.2) is 53.4 Å². The van der Waals surface area contributed by atoms with Crippen LogP contribution in [0, 0.1) is 12.7 Å². The molecular weight excluding hydrogens is 427 g/mol. The summed E-state index contributed by atoms with van der Waals surface area (Å²) in [7, 11) is -5.80. The van der Waals surface area contributed by atoms with Crippen molar-refractivity contribution in [3.8, 4) is 0 Å². The number of aryl methyl sites for hydroxylation is 1. The van der Waals surface area contributed by atoms with Gasteiger partial charge in [0.2, 0.25) is 20.0 Å². The number of nitrogens with zero attached hydrogens (tertiary/aromatic N) is 1. The van der Waals surface area contributed by atoms with Crippen molar-refractivity contribution in [2.24, 2.45) is 0 Å². The highest BCUT2D eigenvalue weighted by Crippen LogP contribution is 2.42. The van der Waals surface area contributed by atoms with E-state index in [0.717, 1.165) is 11.1 Å². The zero-order chi connectivity index (χ0) is 21.9. The summed E-state index contributed by atoms with van der Waals surface area (Å²) in [4.78, 5) is 0.204. The van der Waals surface area contributed by atoms with Crippen LogP contribution in [0.1, 0.15) is 42.9 Å². The van der Waals surface area contributed by atoms with E-state index in [1.165, 1.54) is 23.5 Å². The average molecular weight is 455 g/mol.